The van der Waals surface area contributed by atoms with Crippen LogP contribution in [0.25, 0.3) is 0 Å². The lowest BCUT2D eigenvalue weighted by Gasteiger charge is -2.13. The lowest BCUT2D eigenvalue weighted by Crippen LogP contribution is -2.02. The number of hydrogen-bond acceptors (Lipinski definition) is 0. The minimum Gasteiger partial charge on any atom is -0.204 e. The van der Waals surface area contributed by atoms with Crippen molar-refractivity contribution in [1.29, 1.82) is 0 Å². The maximum atomic E-state index is 13.4. The summed E-state index contributed by atoms with van der Waals surface area (Å²) in [4.78, 5) is 0. The highest BCUT2D eigenvalue weighted by Gasteiger charge is 2.14. The summed E-state index contributed by atoms with van der Waals surface area (Å²) in [5.41, 5.74) is 1.47. The van der Waals surface area contributed by atoms with Gasteiger partial charge in [-0.05, 0) is 29.5 Å². The molecule has 0 fully saturated rings. The van der Waals surface area contributed by atoms with Crippen LogP contribution in [0, 0.1) is 11.6 Å². The van der Waals surface area contributed by atoms with Crippen LogP contribution in [0.4, 0.5) is 8.78 Å². The van der Waals surface area contributed by atoms with Gasteiger partial charge in [-0.2, -0.15) is 0 Å². The third-order valence-electron chi connectivity index (χ3n) is 2.35. The van der Waals surface area contributed by atoms with Crippen molar-refractivity contribution in [3.8, 4) is 0 Å². The van der Waals surface area contributed by atoms with Gasteiger partial charge in [-0.15, -0.1) is 0 Å². The van der Waals surface area contributed by atoms with Crippen LogP contribution in [0.2, 0.25) is 0 Å². The van der Waals surface area contributed by atoms with E-state index in [9.17, 15) is 8.78 Å². The predicted octanol–water partition coefficient (Wildman–Crippen LogP) is 4.04. The van der Waals surface area contributed by atoms with Crippen molar-refractivity contribution >= 4 is 0 Å². The third kappa shape index (κ3) is 2.11. The van der Waals surface area contributed by atoms with Crippen LogP contribution in [0.15, 0.2) is 12.1 Å². The van der Waals surface area contributed by atoms with Gasteiger partial charge in [0, 0.05) is 0 Å². The maximum Gasteiger partial charge on any atom is 0.162 e. The molecule has 0 spiro atoms. The Morgan fingerprint density at radius 1 is 1.21 bits per heavy atom. The molecule has 0 bridgehead atoms. The number of halogens is 2. The molecular formula is C12H16F2. The van der Waals surface area contributed by atoms with Gasteiger partial charge in [0.2, 0.25) is 0 Å². The van der Waals surface area contributed by atoms with Crippen molar-refractivity contribution in [1.82, 2.24) is 0 Å². The summed E-state index contributed by atoms with van der Waals surface area (Å²) >= 11 is 0. The van der Waals surface area contributed by atoms with Crippen LogP contribution >= 0.6 is 0 Å². The minimum atomic E-state index is -0.738. The average molecular weight is 198 g/mol. The first-order valence-electron chi connectivity index (χ1n) is 5.04. The molecule has 0 amide bonds. The van der Waals surface area contributed by atoms with Gasteiger partial charge < -0.3 is 0 Å². The average Bonchev–Trinajstić information content (AvgIpc) is 2.13. The lowest BCUT2D eigenvalue weighted by molar-refractivity contribution is 0.494. The van der Waals surface area contributed by atoms with Gasteiger partial charge in [-0.1, -0.05) is 33.3 Å². The second-order valence-electron chi connectivity index (χ2n) is 3.83. The highest BCUT2D eigenvalue weighted by atomic mass is 19.2. The van der Waals surface area contributed by atoms with Crippen molar-refractivity contribution in [3.63, 3.8) is 0 Å². The van der Waals surface area contributed by atoms with E-state index in [-0.39, 0.29) is 5.92 Å². The topological polar surface area (TPSA) is 0 Å². The summed E-state index contributed by atoms with van der Waals surface area (Å²) in [5, 5.41) is 0. The molecule has 0 nitrogen and oxygen atoms in total. The van der Waals surface area contributed by atoms with Gasteiger partial charge in [0.05, 0.1) is 0 Å². The van der Waals surface area contributed by atoms with Crippen molar-refractivity contribution in [2.75, 3.05) is 0 Å². The van der Waals surface area contributed by atoms with E-state index in [0.29, 0.717) is 12.0 Å². The Balaban J connectivity index is 3.22. The molecule has 0 unspecified atom stereocenters. The molecule has 0 saturated carbocycles. The highest BCUT2D eigenvalue weighted by Crippen LogP contribution is 2.24. The van der Waals surface area contributed by atoms with E-state index < -0.39 is 11.6 Å². The van der Waals surface area contributed by atoms with E-state index in [1.807, 2.05) is 20.8 Å². The molecule has 2 heteroatoms. The fraction of sp³-hybridized carbons (Fsp3) is 0.500. The molecule has 0 aromatic heterocycles. The number of rotatable bonds is 3. The molecule has 0 atom stereocenters. The monoisotopic (exact) mass is 198 g/mol. The zero-order valence-corrected chi connectivity index (χ0v) is 8.90. The molecule has 0 aliphatic heterocycles. The van der Waals surface area contributed by atoms with Crippen LogP contribution < -0.4 is 0 Å². The van der Waals surface area contributed by atoms with E-state index in [0.717, 1.165) is 12.0 Å². The van der Waals surface area contributed by atoms with E-state index in [1.54, 1.807) is 6.07 Å². The van der Waals surface area contributed by atoms with E-state index >= 15 is 0 Å². The van der Waals surface area contributed by atoms with E-state index in [1.165, 1.54) is 6.07 Å². The molecule has 14 heavy (non-hydrogen) atoms. The summed E-state index contributed by atoms with van der Waals surface area (Å²) in [6.45, 7) is 5.95. The van der Waals surface area contributed by atoms with Crippen molar-refractivity contribution in [2.45, 2.75) is 39.5 Å². The first-order valence-corrected chi connectivity index (χ1v) is 5.04. The molecule has 0 aliphatic rings. The van der Waals surface area contributed by atoms with Gasteiger partial charge in [0.15, 0.2) is 11.6 Å². The first kappa shape index (κ1) is 11.2. The van der Waals surface area contributed by atoms with Gasteiger partial charge in [-0.25, -0.2) is 8.78 Å². The molecule has 0 N–H and O–H groups in total. The summed E-state index contributed by atoms with van der Waals surface area (Å²) in [6.07, 6.45) is 1.44. The molecule has 1 aromatic carbocycles. The second kappa shape index (κ2) is 4.54. The molecule has 0 saturated heterocycles. The van der Waals surface area contributed by atoms with Gasteiger partial charge in [0.25, 0.3) is 0 Å². The fourth-order valence-corrected chi connectivity index (χ4v) is 1.65. The molecule has 0 radical (unpaired) electrons. The van der Waals surface area contributed by atoms with Crippen LogP contribution in [-0.2, 0) is 6.42 Å². The summed E-state index contributed by atoms with van der Waals surface area (Å²) in [7, 11) is 0. The Morgan fingerprint density at radius 2 is 1.86 bits per heavy atom. The Bertz CT molecular complexity index is 316. The highest BCUT2D eigenvalue weighted by molar-refractivity contribution is 5.32. The van der Waals surface area contributed by atoms with Crippen molar-refractivity contribution in [3.05, 3.63) is 34.9 Å². The number of hydrogen-bond donors (Lipinski definition) is 0. The summed E-state index contributed by atoms with van der Waals surface area (Å²) < 4.78 is 26.4. The molecular weight excluding hydrogens is 182 g/mol. The van der Waals surface area contributed by atoms with Crippen molar-refractivity contribution < 1.29 is 8.78 Å². The zero-order chi connectivity index (χ0) is 10.7. The SMILES string of the molecule is CCCc1c(C(C)C)ccc(F)c1F. The van der Waals surface area contributed by atoms with Gasteiger partial charge in [-0.3, -0.25) is 0 Å². The van der Waals surface area contributed by atoms with Crippen LogP contribution in [0.5, 0.6) is 0 Å². The Hall–Kier alpha value is -0.920. The molecule has 0 heterocycles. The maximum absolute atomic E-state index is 13.4. The van der Waals surface area contributed by atoms with Gasteiger partial charge >= 0.3 is 0 Å². The van der Waals surface area contributed by atoms with Crippen LogP contribution in [0.3, 0.4) is 0 Å². The fourth-order valence-electron chi connectivity index (χ4n) is 1.65. The van der Waals surface area contributed by atoms with Crippen molar-refractivity contribution in [2.24, 2.45) is 0 Å². The smallest absolute Gasteiger partial charge is 0.162 e. The molecule has 78 valence electrons. The van der Waals surface area contributed by atoms with E-state index in [2.05, 4.69) is 0 Å². The zero-order valence-electron chi connectivity index (χ0n) is 8.90. The quantitative estimate of drug-likeness (QED) is 0.687. The Labute approximate surface area is 84.0 Å². The largest absolute Gasteiger partial charge is 0.204 e. The standard InChI is InChI=1S/C12H16F2/c1-4-5-10-9(8(2)3)6-7-11(13)12(10)14/h6-8H,4-5H2,1-3H3. The second-order valence-corrected chi connectivity index (χ2v) is 3.83. The molecule has 1 aromatic rings. The molecule has 0 aliphatic carbocycles. The predicted molar refractivity (Wildman–Crippen MR) is 54.4 cm³/mol. The Kier molecular flexibility index (Phi) is 3.62. The summed E-state index contributed by atoms with van der Waals surface area (Å²) in [6, 6.07) is 2.90. The Morgan fingerprint density at radius 3 is 2.36 bits per heavy atom. The first-order chi connectivity index (χ1) is 6.57. The van der Waals surface area contributed by atoms with Crippen LogP contribution in [0.1, 0.15) is 44.2 Å². The lowest BCUT2D eigenvalue weighted by atomic mass is 9.94. The third-order valence-corrected chi connectivity index (χ3v) is 2.35. The van der Waals surface area contributed by atoms with Crippen LogP contribution in [-0.4, -0.2) is 0 Å². The normalized spacial score (nSPS) is 11.0. The minimum absolute atomic E-state index is 0.242. The molecule has 1 rings (SSSR count). The van der Waals surface area contributed by atoms with E-state index in [4.69, 9.17) is 0 Å². The summed E-state index contributed by atoms with van der Waals surface area (Å²) in [5.74, 6) is -1.16. The van der Waals surface area contributed by atoms with Gasteiger partial charge in [0.1, 0.15) is 0 Å². The number of benzene rings is 1.